The molecule has 0 amide bonds. The maximum Gasteiger partial charge on any atom is 1.00 e. The van der Waals surface area contributed by atoms with E-state index in [1.54, 1.807) is 0 Å². The monoisotopic (exact) mass is 268 g/mol. The van der Waals surface area contributed by atoms with Crippen LogP contribution in [-0.2, 0) is 17.1 Å². The van der Waals surface area contributed by atoms with Crippen molar-refractivity contribution in [3.63, 3.8) is 0 Å². The fraction of sp³-hybridized carbons (Fsp3) is 0. The summed E-state index contributed by atoms with van der Waals surface area (Å²) in [5, 5.41) is 31.2. The smallest absolute Gasteiger partial charge is 0.512 e. The Labute approximate surface area is 146 Å². The van der Waals surface area contributed by atoms with E-state index < -0.39 is 0 Å². The van der Waals surface area contributed by atoms with Gasteiger partial charge in [-0.1, -0.05) is 0 Å². The van der Waals surface area contributed by atoms with Gasteiger partial charge in [-0.05, 0) is 0 Å². The van der Waals surface area contributed by atoms with E-state index in [1.807, 2.05) is 0 Å². The predicted molar refractivity (Wildman–Crippen MR) is 36.8 cm³/mol. The molecule has 15 heavy (non-hydrogen) atoms. The van der Waals surface area contributed by atoms with Crippen molar-refractivity contribution in [2.45, 2.75) is 0 Å². The molecule has 0 aromatic heterocycles. The van der Waals surface area contributed by atoms with Gasteiger partial charge in [0.2, 0.25) is 0 Å². The van der Waals surface area contributed by atoms with Gasteiger partial charge in [0, 0.05) is 17.1 Å². The minimum atomic E-state index is 0. The molecule has 0 fully saturated rings. The van der Waals surface area contributed by atoms with E-state index in [2.05, 4.69) is 0 Å². The van der Waals surface area contributed by atoms with Crippen LogP contribution in [0.15, 0.2) is 0 Å². The maximum absolute atomic E-state index is 6.25. The summed E-state index contributed by atoms with van der Waals surface area (Å²) in [7, 11) is 0. The molecule has 0 bridgehead atoms. The molecule has 0 aromatic rings. The Balaban J connectivity index is -0.00000000240. The Morgan fingerprint density at radius 1 is 0.400 bits per heavy atom. The van der Waals surface area contributed by atoms with Gasteiger partial charge in [-0.3, -0.25) is 0 Å². The fourth-order valence-electron chi connectivity index (χ4n) is 0. The molecule has 0 saturated heterocycles. The summed E-state index contributed by atoms with van der Waals surface area (Å²) >= 11 is 0. The van der Waals surface area contributed by atoms with E-state index in [0.29, 0.717) is 0 Å². The minimum Gasteiger partial charge on any atom is -0.512 e. The number of hydrogen-bond donors (Lipinski definition) is 2. The molecule has 7 nitrogen and oxygen atoms in total. The number of rotatable bonds is 0. The molecular weight excluding hydrogens is 260 g/mol. The van der Waals surface area contributed by atoms with Crippen molar-refractivity contribution in [3.05, 3.63) is 32.9 Å². The van der Waals surface area contributed by atoms with Crippen LogP contribution in [0.2, 0.25) is 0 Å². The summed E-state index contributed by atoms with van der Waals surface area (Å²) in [6, 6.07) is 0. The van der Waals surface area contributed by atoms with E-state index in [0.717, 1.165) is 0 Å². The molecule has 0 spiro atoms. The molecule has 10 heteroatoms. The van der Waals surface area contributed by atoms with Gasteiger partial charge in [0.25, 0.3) is 0 Å². The van der Waals surface area contributed by atoms with Crippen LogP contribution in [0.1, 0.15) is 0 Å². The van der Waals surface area contributed by atoms with Crippen molar-refractivity contribution >= 4 is 0 Å². The Morgan fingerprint density at radius 2 is 0.400 bits per heavy atom. The number of hydrogen-bond acceptors (Lipinski definition) is 5. The van der Waals surface area contributed by atoms with Crippen LogP contribution in [0.4, 0.5) is 0 Å². The van der Waals surface area contributed by atoms with Crippen LogP contribution in [0.5, 0.6) is 0 Å². The van der Waals surface area contributed by atoms with Gasteiger partial charge < -0.3 is 71.5 Å². The van der Waals surface area contributed by atoms with Gasteiger partial charge in [-0.25, -0.2) is 0 Å². The van der Waals surface area contributed by atoms with E-state index in [-0.39, 0.29) is 88.5 Å². The van der Waals surface area contributed by atoms with Crippen molar-refractivity contribution in [1.82, 2.24) is 12.3 Å². The Kier molecular flexibility index (Phi) is 1510000. The van der Waals surface area contributed by atoms with Gasteiger partial charge in [-0.2, -0.15) is 0 Å². The molecule has 0 heterocycles. The summed E-state index contributed by atoms with van der Waals surface area (Å²) in [6.07, 6.45) is 0. The van der Waals surface area contributed by atoms with E-state index in [1.165, 1.54) is 0 Å². The summed E-state index contributed by atoms with van der Waals surface area (Å²) in [4.78, 5) is 0. The molecule has 0 aromatic carbocycles. The standard InChI is InChI=1S/5CN.Fe.2H3N.2Na/c5*1-2;;;;;/h;;;;;;2*1H3;;/q5*-1;;;;2*+1/p+2. The summed E-state index contributed by atoms with van der Waals surface area (Å²) in [5.41, 5.74) is 0. The van der Waals surface area contributed by atoms with E-state index in [4.69, 9.17) is 59.2 Å². The first-order valence-corrected chi connectivity index (χ1v) is 1.12. The molecule has 0 atom stereocenters. The SMILES string of the molecule is [C-]#N.[C-]#N.[C-]#N.[C-]#N.[C-]#N.[Fe].[NH4+].[NH4+].[Na+].[Na+]. The third kappa shape index (κ3) is 161000. The summed E-state index contributed by atoms with van der Waals surface area (Å²) < 4.78 is 0. The molecule has 0 unspecified atom stereocenters. The Hall–Kier alpha value is -0.111. The van der Waals surface area contributed by atoms with E-state index >= 15 is 0 Å². The third-order valence-corrected chi connectivity index (χ3v) is 0. The van der Waals surface area contributed by atoms with Crippen LogP contribution in [-0.4, -0.2) is 0 Å². The van der Waals surface area contributed by atoms with Crippen molar-refractivity contribution < 1.29 is 76.2 Å². The average molecular weight is 268 g/mol. The van der Waals surface area contributed by atoms with Crippen LogP contribution in [0.3, 0.4) is 0 Å². The largest absolute Gasteiger partial charge is 1.00 e. The van der Waals surface area contributed by atoms with Crippen LogP contribution >= 0.6 is 0 Å². The molecule has 0 aliphatic heterocycles. The van der Waals surface area contributed by atoms with Gasteiger partial charge in [-0.15, -0.1) is 0 Å². The average Bonchev–Trinajstić information content (AvgIpc) is 2.20. The van der Waals surface area contributed by atoms with Gasteiger partial charge in [0.15, 0.2) is 0 Å². The first-order chi connectivity index (χ1) is 5.00. The molecule has 0 aliphatic carbocycles. The second-order valence-electron chi connectivity index (χ2n) is 0. The van der Waals surface area contributed by atoms with Crippen molar-refractivity contribution in [1.29, 1.82) is 26.3 Å². The molecule has 74 valence electrons. The van der Waals surface area contributed by atoms with E-state index in [9.17, 15) is 0 Å². The van der Waals surface area contributed by atoms with Crippen LogP contribution in [0.25, 0.3) is 0 Å². The zero-order chi connectivity index (χ0) is 10.0. The molecule has 0 aliphatic rings. The Bertz CT molecular complexity index is 83.9. The van der Waals surface area contributed by atoms with Gasteiger partial charge in [0.1, 0.15) is 0 Å². The van der Waals surface area contributed by atoms with Gasteiger partial charge in [0.05, 0.1) is 0 Å². The second kappa shape index (κ2) is 189000. The van der Waals surface area contributed by atoms with Crippen LogP contribution < -0.4 is 71.4 Å². The molecular formula is C5H8FeN7Na2-. The zero-order valence-corrected chi connectivity index (χ0v) is 14.2. The minimum absolute atomic E-state index is 0. The molecule has 8 N–H and O–H groups in total. The first-order valence-electron chi connectivity index (χ1n) is 1.12. The predicted octanol–water partition coefficient (Wildman–Crippen LogP) is -4.76. The summed E-state index contributed by atoms with van der Waals surface area (Å²) in [5.74, 6) is 0. The molecule has 0 radical (unpaired) electrons. The molecule has 0 saturated carbocycles. The van der Waals surface area contributed by atoms with Crippen LogP contribution in [0, 0.1) is 59.2 Å². The zero-order valence-electron chi connectivity index (χ0n) is 9.09. The second-order valence-corrected chi connectivity index (χ2v) is 0. The summed E-state index contributed by atoms with van der Waals surface area (Å²) in [6.45, 7) is 23.8. The quantitative estimate of drug-likeness (QED) is 0.328. The normalized spacial score (nSPS) is 0.667. The topological polar surface area (TPSA) is 192 Å². The molecule has 0 rings (SSSR count). The van der Waals surface area contributed by atoms with Gasteiger partial charge >= 0.3 is 59.1 Å². The number of nitrogens with zero attached hydrogens (tertiary/aromatic N) is 5. The fourth-order valence-corrected chi connectivity index (χ4v) is 0. The first kappa shape index (κ1) is 120. The Morgan fingerprint density at radius 3 is 0.400 bits per heavy atom. The van der Waals surface area contributed by atoms with Crippen molar-refractivity contribution in [2.24, 2.45) is 0 Å². The van der Waals surface area contributed by atoms with Crippen molar-refractivity contribution in [2.75, 3.05) is 0 Å². The number of quaternary nitrogens is 2. The maximum atomic E-state index is 6.25. The van der Waals surface area contributed by atoms with Crippen molar-refractivity contribution in [3.8, 4) is 0 Å². The third-order valence-electron chi connectivity index (χ3n) is 0.